The van der Waals surface area contributed by atoms with E-state index in [0.717, 1.165) is 35.7 Å². The van der Waals surface area contributed by atoms with Crippen LogP contribution >= 0.6 is 27.3 Å². The number of thiophene rings is 1. The van der Waals surface area contributed by atoms with Gasteiger partial charge in [-0.2, -0.15) is 0 Å². The van der Waals surface area contributed by atoms with E-state index in [1.54, 1.807) is 18.2 Å². The molecule has 25 heavy (non-hydrogen) atoms. The third-order valence-corrected chi connectivity index (χ3v) is 5.78. The molecular formula is C17H14BrFN2O3S. The highest BCUT2D eigenvalue weighted by Gasteiger charge is 2.24. The fourth-order valence-electron chi connectivity index (χ4n) is 2.87. The molecule has 0 saturated carbocycles. The van der Waals surface area contributed by atoms with E-state index in [1.165, 1.54) is 6.07 Å². The molecule has 130 valence electrons. The number of carboxylic acids is 1. The molecule has 8 heteroatoms. The smallest absolute Gasteiger partial charge is 0.346 e. The second-order valence-corrected chi connectivity index (χ2v) is 7.89. The van der Waals surface area contributed by atoms with Crippen molar-refractivity contribution in [2.75, 3.05) is 6.61 Å². The van der Waals surface area contributed by atoms with E-state index in [-0.39, 0.29) is 16.8 Å². The standard InChI is InChI=1S/C17H14BrFN2O3S/c18-10-2-1-9(12(19)6-10)5-15-20-16-13(7-14(25-16)17(22)23)21(15)8-11-3-4-24-11/h1-2,6-7,11H,3-5,8H2,(H,22,23). The number of aromatic carboxylic acids is 1. The summed E-state index contributed by atoms with van der Waals surface area (Å²) in [7, 11) is 0. The minimum absolute atomic E-state index is 0.0964. The zero-order chi connectivity index (χ0) is 17.6. The van der Waals surface area contributed by atoms with E-state index < -0.39 is 5.97 Å². The first kappa shape index (κ1) is 16.7. The van der Waals surface area contributed by atoms with Gasteiger partial charge in [-0.25, -0.2) is 14.2 Å². The molecule has 1 aromatic carbocycles. The molecule has 5 nitrogen and oxygen atoms in total. The van der Waals surface area contributed by atoms with Gasteiger partial charge in [0.15, 0.2) is 0 Å². The number of hydrogen-bond acceptors (Lipinski definition) is 4. The Morgan fingerprint density at radius 2 is 2.28 bits per heavy atom. The molecule has 1 fully saturated rings. The minimum atomic E-state index is -0.963. The van der Waals surface area contributed by atoms with Crippen LogP contribution in [0, 0.1) is 5.82 Å². The van der Waals surface area contributed by atoms with Crippen LogP contribution in [0.5, 0.6) is 0 Å². The van der Waals surface area contributed by atoms with Crippen molar-refractivity contribution in [1.29, 1.82) is 0 Å². The van der Waals surface area contributed by atoms with E-state index in [9.17, 15) is 14.3 Å². The van der Waals surface area contributed by atoms with Crippen molar-refractivity contribution in [3.05, 3.63) is 50.8 Å². The molecule has 1 saturated heterocycles. The Balaban J connectivity index is 1.74. The van der Waals surface area contributed by atoms with Crippen LogP contribution in [-0.2, 0) is 17.7 Å². The highest BCUT2D eigenvalue weighted by molar-refractivity contribution is 9.10. The molecule has 0 amide bonds. The molecule has 1 atom stereocenters. The number of benzene rings is 1. The molecule has 1 aliphatic rings. The zero-order valence-corrected chi connectivity index (χ0v) is 15.4. The van der Waals surface area contributed by atoms with Gasteiger partial charge in [-0.15, -0.1) is 11.3 Å². The van der Waals surface area contributed by atoms with Gasteiger partial charge in [0.05, 0.1) is 18.2 Å². The third kappa shape index (κ3) is 3.21. The van der Waals surface area contributed by atoms with Gasteiger partial charge >= 0.3 is 5.97 Å². The summed E-state index contributed by atoms with van der Waals surface area (Å²) < 4.78 is 22.4. The topological polar surface area (TPSA) is 64.3 Å². The van der Waals surface area contributed by atoms with E-state index in [4.69, 9.17) is 4.74 Å². The number of carboxylic acid groups (broad SMARTS) is 1. The number of imidazole rings is 1. The van der Waals surface area contributed by atoms with Crippen LogP contribution in [0.4, 0.5) is 4.39 Å². The molecule has 0 radical (unpaired) electrons. The van der Waals surface area contributed by atoms with Crippen LogP contribution in [0.1, 0.15) is 27.5 Å². The molecule has 0 spiro atoms. The lowest BCUT2D eigenvalue weighted by Gasteiger charge is -2.27. The summed E-state index contributed by atoms with van der Waals surface area (Å²) in [6, 6.07) is 6.60. The summed E-state index contributed by atoms with van der Waals surface area (Å²) in [6.07, 6.45) is 1.40. The molecule has 0 aliphatic carbocycles. The number of rotatable bonds is 5. The zero-order valence-electron chi connectivity index (χ0n) is 13.0. The second kappa shape index (κ2) is 6.51. The van der Waals surface area contributed by atoms with Crippen molar-refractivity contribution in [2.24, 2.45) is 0 Å². The van der Waals surface area contributed by atoms with Crippen LogP contribution in [0.15, 0.2) is 28.7 Å². The maximum absolute atomic E-state index is 14.2. The number of halogens is 2. The van der Waals surface area contributed by atoms with Gasteiger partial charge in [-0.1, -0.05) is 22.0 Å². The lowest BCUT2D eigenvalue weighted by atomic mass is 10.1. The van der Waals surface area contributed by atoms with E-state index >= 15 is 0 Å². The van der Waals surface area contributed by atoms with Crippen LogP contribution in [0.3, 0.4) is 0 Å². The summed E-state index contributed by atoms with van der Waals surface area (Å²) in [5, 5.41) is 9.20. The Morgan fingerprint density at radius 3 is 2.92 bits per heavy atom. The molecule has 3 aromatic rings. The van der Waals surface area contributed by atoms with Gasteiger partial charge in [0.2, 0.25) is 0 Å². The maximum atomic E-state index is 14.2. The molecule has 2 aromatic heterocycles. The van der Waals surface area contributed by atoms with Gasteiger partial charge in [0, 0.05) is 17.5 Å². The number of nitrogens with zero attached hydrogens (tertiary/aromatic N) is 2. The van der Waals surface area contributed by atoms with Crippen molar-refractivity contribution >= 4 is 43.6 Å². The molecular weight excluding hydrogens is 411 g/mol. The molecule has 1 aliphatic heterocycles. The average Bonchev–Trinajstić information content (AvgIpc) is 3.04. The molecule has 4 rings (SSSR count). The average molecular weight is 425 g/mol. The first-order chi connectivity index (χ1) is 12.0. The highest BCUT2D eigenvalue weighted by Crippen LogP contribution is 2.29. The number of hydrogen-bond donors (Lipinski definition) is 1. The minimum Gasteiger partial charge on any atom is -0.477 e. The third-order valence-electron chi connectivity index (χ3n) is 4.28. The summed E-state index contributed by atoms with van der Waals surface area (Å²) in [4.78, 5) is 16.7. The second-order valence-electron chi connectivity index (χ2n) is 5.94. The van der Waals surface area contributed by atoms with Crippen LogP contribution in [0.25, 0.3) is 10.3 Å². The van der Waals surface area contributed by atoms with E-state index in [1.807, 2.05) is 4.57 Å². The van der Waals surface area contributed by atoms with Gasteiger partial charge in [-0.3, -0.25) is 0 Å². The lowest BCUT2D eigenvalue weighted by Crippen LogP contribution is -2.31. The number of fused-ring (bicyclic) bond motifs is 1. The largest absolute Gasteiger partial charge is 0.477 e. The predicted octanol–water partition coefficient (Wildman–Crippen LogP) is 4.08. The fourth-order valence-corrected chi connectivity index (χ4v) is 4.10. The first-order valence-corrected chi connectivity index (χ1v) is 9.40. The molecule has 1 N–H and O–H groups in total. The Hall–Kier alpha value is -1.77. The molecule has 0 bridgehead atoms. The van der Waals surface area contributed by atoms with Crippen LogP contribution < -0.4 is 0 Å². The Kier molecular flexibility index (Phi) is 4.35. The Morgan fingerprint density at radius 1 is 1.48 bits per heavy atom. The first-order valence-electron chi connectivity index (χ1n) is 7.79. The van der Waals surface area contributed by atoms with Crippen LogP contribution in [-0.4, -0.2) is 33.3 Å². The summed E-state index contributed by atoms with van der Waals surface area (Å²) in [6.45, 7) is 1.34. The van der Waals surface area contributed by atoms with Crippen molar-refractivity contribution in [2.45, 2.75) is 25.5 Å². The maximum Gasteiger partial charge on any atom is 0.346 e. The van der Waals surface area contributed by atoms with E-state index in [0.29, 0.717) is 27.8 Å². The SMILES string of the molecule is O=C(O)c1cc2c(nc(Cc3ccc(Br)cc3F)n2CC2CCO2)s1. The van der Waals surface area contributed by atoms with Crippen molar-refractivity contribution in [3.63, 3.8) is 0 Å². The van der Waals surface area contributed by atoms with Gasteiger partial charge in [-0.05, 0) is 30.2 Å². The number of carbonyl (C=O) groups is 1. The summed E-state index contributed by atoms with van der Waals surface area (Å²) in [5.41, 5.74) is 1.32. The monoisotopic (exact) mass is 424 g/mol. The van der Waals surface area contributed by atoms with Crippen molar-refractivity contribution < 1.29 is 19.0 Å². The van der Waals surface area contributed by atoms with Crippen LogP contribution in [0.2, 0.25) is 0 Å². The van der Waals surface area contributed by atoms with Crippen molar-refractivity contribution in [3.8, 4) is 0 Å². The predicted molar refractivity (Wildman–Crippen MR) is 95.8 cm³/mol. The number of aromatic nitrogens is 2. The fraction of sp³-hybridized carbons (Fsp3) is 0.294. The Bertz CT molecular complexity index is 964. The number of ether oxygens (including phenoxy) is 1. The summed E-state index contributed by atoms with van der Waals surface area (Å²) in [5.74, 6) is -0.539. The van der Waals surface area contributed by atoms with Gasteiger partial charge in [0.1, 0.15) is 21.3 Å². The Labute approximate surface area is 155 Å². The van der Waals surface area contributed by atoms with Gasteiger partial charge < -0.3 is 14.4 Å². The highest BCUT2D eigenvalue weighted by atomic mass is 79.9. The van der Waals surface area contributed by atoms with Crippen molar-refractivity contribution in [1.82, 2.24) is 9.55 Å². The lowest BCUT2D eigenvalue weighted by molar-refractivity contribution is -0.0589. The molecule has 1 unspecified atom stereocenters. The van der Waals surface area contributed by atoms with Gasteiger partial charge in [0.25, 0.3) is 0 Å². The normalized spacial score (nSPS) is 17.0. The van der Waals surface area contributed by atoms with E-state index in [2.05, 4.69) is 20.9 Å². The molecule has 3 heterocycles. The quantitative estimate of drug-likeness (QED) is 0.669. The summed E-state index contributed by atoms with van der Waals surface area (Å²) >= 11 is 4.39.